The molecule has 8 heteroatoms. The molecule has 0 aliphatic heterocycles. The number of esters is 1. The van der Waals surface area contributed by atoms with E-state index in [0.29, 0.717) is 23.4 Å². The Hall–Kier alpha value is -2.74. The Morgan fingerprint density at radius 3 is 3.00 bits per heavy atom. The van der Waals surface area contributed by atoms with E-state index in [1.807, 2.05) is 17.4 Å². The Bertz CT molecular complexity index is 889. The van der Waals surface area contributed by atoms with E-state index in [4.69, 9.17) is 10.5 Å². The van der Waals surface area contributed by atoms with Crippen LogP contribution >= 0.6 is 0 Å². The summed E-state index contributed by atoms with van der Waals surface area (Å²) in [7, 11) is 1.36. The molecule has 126 valence electrons. The second kappa shape index (κ2) is 6.79. The molecule has 0 atom stereocenters. The van der Waals surface area contributed by atoms with E-state index in [2.05, 4.69) is 20.5 Å². The maximum absolute atomic E-state index is 11.8. The summed E-state index contributed by atoms with van der Waals surface area (Å²) in [6, 6.07) is 5.30. The van der Waals surface area contributed by atoms with Crippen molar-refractivity contribution in [2.24, 2.45) is 5.73 Å². The fourth-order valence-corrected chi connectivity index (χ4v) is 2.66. The molecule has 2 heterocycles. The van der Waals surface area contributed by atoms with Crippen LogP contribution in [0.2, 0.25) is 0 Å². The number of H-pyrrole nitrogens is 1. The van der Waals surface area contributed by atoms with E-state index in [1.54, 1.807) is 12.1 Å². The third kappa shape index (κ3) is 2.88. The van der Waals surface area contributed by atoms with Gasteiger partial charge in [-0.3, -0.25) is 0 Å². The van der Waals surface area contributed by atoms with Gasteiger partial charge in [0.05, 0.1) is 12.7 Å². The summed E-state index contributed by atoms with van der Waals surface area (Å²) in [6.45, 7) is 3.36. The SMILES string of the molecule is COC(=O)c1ccc2c(c1)nc(NCCCCN)c1n[nH]c(C)[n+]12. The minimum absolute atomic E-state index is 0.384. The van der Waals surface area contributed by atoms with Gasteiger partial charge in [0, 0.05) is 18.6 Å². The minimum Gasteiger partial charge on any atom is -0.465 e. The van der Waals surface area contributed by atoms with Gasteiger partial charge in [-0.05, 0) is 37.6 Å². The van der Waals surface area contributed by atoms with Gasteiger partial charge in [0.1, 0.15) is 11.0 Å². The molecule has 1 aromatic carbocycles. The number of hydrogen-bond donors (Lipinski definition) is 3. The number of nitrogens with zero attached hydrogens (tertiary/aromatic N) is 3. The van der Waals surface area contributed by atoms with Crippen molar-refractivity contribution in [1.82, 2.24) is 15.2 Å². The van der Waals surface area contributed by atoms with Crippen LogP contribution in [0.4, 0.5) is 5.82 Å². The molecule has 3 aromatic rings. The number of ether oxygens (including phenoxy) is 1. The fraction of sp³-hybridized carbons (Fsp3) is 0.375. The zero-order valence-electron chi connectivity index (χ0n) is 13.8. The Balaban J connectivity index is 2.09. The predicted molar refractivity (Wildman–Crippen MR) is 89.9 cm³/mol. The van der Waals surface area contributed by atoms with E-state index >= 15 is 0 Å². The van der Waals surface area contributed by atoms with Gasteiger partial charge in [0.2, 0.25) is 11.6 Å². The van der Waals surface area contributed by atoms with Crippen molar-refractivity contribution in [2.45, 2.75) is 19.8 Å². The van der Waals surface area contributed by atoms with Crippen LogP contribution in [0.25, 0.3) is 16.7 Å². The quantitative estimate of drug-likeness (QED) is 0.353. The summed E-state index contributed by atoms with van der Waals surface area (Å²) in [5.74, 6) is 1.17. The molecular weight excluding hydrogens is 308 g/mol. The van der Waals surface area contributed by atoms with Crippen molar-refractivity contribution >= 4 is 28.5 Å². The van der Waals surface area contributed by atoms with Gasteiger partial charge in [-0.15, -0.1) is 5.10 Å². The van der Waals surface area contributed by atoms with Gasteiger partial charge < -0.3 is 15.8 Å². The molecule has 0 radical (unpaired) electrons. The van der Waals surface area contributed by atoms with Crippen molar-refractivity contribution < 1.29 is 13.9 Å². The number of methoxy groups -OCH3 is 1. The number of nitrogens with one attached hydrogen (secondary N) is 2. The van der Waals surface area contributed by atoms with Gasteiger partial charge >= 0.3 is 11.6 Å². The van der Waals surface area contributed by atoms with Gasteiger partial charge in [-0.2, -0.15) is 4.40 Å². The third-order valence-corrected chi connectivity index (χ3v) is 3.88. The number of carbonyl (C=O) groups excluding carboxylic acids is 1. The highest BCUT2D eigenvalue weighted by molar-refractivity contribution is 5.93. The number of unbranched alkanes of at least 4 members (excludes halogenated alkanes) is 1. The monoisotopic (exact) mass is 329 g/mol. The topological polar surface area (TPSA) is 110 Å². The number of benzene rings is 1. The molecule has 0 fully saturated rings. The Labute approximate surface area is 139 Å². The van der Waals surface area contributed by atoms with Crippen molar-refractivity contribution in [1.29, 1.82) is 0 Å². The first-order valence-corrected chi connectivity index (χ1v) is 7.88. The fourth-order valence-electron chi connectivity index (χ4n) is 2.66. The summed E-state index contributed by atoms with van der Waals surface area (Å²) in [5.41, 5.74) is 8.28. The molecular formula is C16H21N6O2+. The predicted octanol–water partition coefficient (Wildman–Crippen LogP) is 0.942. The number of hydrogen-bond acceptors (Lipinski definition) is 6. The van der Waals surface area contributed by atoms with Crippen molar-refractivity contribution in [2.75, 3.05) is 25.5 Å². The number of carbonyl (C=O) groups is 1. The molecule has 0 spiro atoms. The summed E-state index contributed by atoms with van der Waals surface area (Å²) in [5, 5.41) is 10.6. The molecule has 0 saturated carbocycles. The molecule has 0 unspecified atom stereocenters. The Morgan fingerprint density at radius 1 is 1.42 bits per heavy atom. The van der Waals surface area contributed by atoms with Gasteiger partial charge in [0.25, 0.3) is 0 Å². The zero-order chi connectivity index (χ0) is 17.1. The first-order chi connectivity index (χ1) is 11.7. The summed E-state index contributed by atoms with van der Waals surface area (Å²) in [4.78, 5) is 16.4. The molecule has 4 N–H and O–H groups in total. The Kier molecular flexibility index (Phi) is 4.57. The molecule has 2 aromatic heterocycles. The van der Waals surface area contributed by atoms with Gasteiger partial charge in [-0.25, -0.2) is 9.78 Å². The van der Waals surface area contributed by atoms with Crippen LogP contribution in [0, 0.1) is 6.92 Å². The highest BCUT2D eigenvalue weighted by atomic mass is 16.5. The number of fused-ring (bicyclic) bond motifs is 3. The minimum atomic E-state index is -0.384. The molecule has 0 aliphatic rings. The van der Waals surface area contributed by atoms with Crippen LogP contribution in [-0.2, 0) is 4.74 Å². The van der Waals surface area contributed by atoms with Crippen LogP contribution in [0.15, 0.2) is 18.2 Å². The summed E-state index contributed by atoms with van der Waals surface area (Å²) < 4.78 is 6.76. The van der Waals surface area contributed by atoms with Crippen molar-refractivity contribution in [3.05, 3.63) is 29.6 Å². The average molecular weight is 329 g/mol. The highest BCUT2D eigenvalue weighted by Gasteiger charge is 2.20. The summed E-state index contributed by atoms with van der Waals surface area (Å²) in [6.07, 6.45) is 1.90. The van der Waals surface area contributed by atoms with Crippen LogP contribution in [0.5, 0.6) is 0 Å². The zero-order valence-corrected chi connectivity index (χ0v) is 13.8. The lowest BCUT2D eigenvalue weighted by molar-refractivity contribution is -0.489. The number of aromatic amines is 1. The number of rotatable bonds is 6. The number of aromatic nitrogens is 4. The maximum atomic E-state index is 11.8. The molecule has 3 rings (SSSR count). The molecule has 0 amide bonds. The maximum Gasteiger partial charge on any atom is 0.349 e. The average Bonchev–Trinajstić information content (AvgIpc) is 2.99. The second-order valence-corrected chi connectivity index (χ2v) is 5.55. The molecule has 8 nitrogen and oxygen atoms in total. The smallest absolute Gasteiger partial charge is 0.349 e. The first kappa shape index (κ1) is 16.1. The van der Waals surface area contributed by atoms with E-state index in [-0.39, 0.29) is 5.97 Å². The second-order valence-electron chi connectivity index (χ2n) is 5.55. The van der Waals surface area contributed by atoms with E-state index in [9.17, 15) is 4.79 Å². The number of anilines is 1. The standard InChI is InChI=1S/C16H20N6O2/c1-10-20-21-15-14(18-8-4-3-7-17)19-12-9-11(16(23)24-2)5-6-13(12)22(10)15/h5-6,9H,3-4,7-8,17H2,1-2H3,(H,18,19)/p+1. The summed E-state index contributed by atoms with van der Waals surface area (Å²) >= 11 is 0. The lowest BCUT2D eigenvalue weighted by Crippen LogP contribution is -2.26. The third-order valence-electron chi connectivity index (χ3n) is 3.88. The van der Waals surface area contributed by atoms with Crippen LogP contribution in [0.1, 0.15) is 29.0 Å². The van der Waals surface area contributed by atoms with E-state index in [0.717, 1.165) is 36.4 Å². The first-order valence-electron chi connectivity index (χ1n) is 7.88. The van der Waals surface area contributed by atoms with E-state index < -0.39 is 0 Å². The lowest BCUT2D eigenvalue weighted by atomic mass is 10.2. The van der Waals surface area contributed by atoms with Crippen LogP contribution in [-0.4, -0.2) is 41.3 Å². The van der Waals surface area contributed by atoms with E-state index in [1.165, 1.54) is 7.11 Å². The van der Waals surface area contributed by atoms with Gasteiger partial charge in [0.15, 0.2) is 0 Å². The van der Waals surface area contributed by atoms with Gasteiger partial charge in [-0.1, -0.05) is 0 Å². The van der Waals surface area contributed by atoms with Crippen LogP contribution < -0.4 is 15.5 Å². The molecule has 0 saturated heterocycles. The van der Waals surface area contributed by atoms with Crippen molar-refractivity contribution in [3.8, 4) is 0 Å². The lowest BCUT2D eigenvalue weighted by Gasteiger charge is -2.07. The highest BCUT2D eigenvalue weighted by Crippen LogP contribution is 2.18. The number of nitrogens with two attached hydrogens (primary N) is 1. The molecule has 24 heavy (non-hydrogen) atoms. The van der Waals surface area contributed by atoms with Crippen LogP contribution in [0.3, 0.4) is 0 Å². The Morgan fingerprint density at radius 2 is 2.25 bits per heavy atom. The number of aryl methyl sites for hydroxylation is 1. The largest absolute Gasteiger partial charge is 0.465 e. The normalized spacial score (nSPS) is 11.1. The molecule has 0 bridgehead atoms. The van der Waals surface area contributed by atoms with Crippen molar-refractivity contribution in [3.63, 3.8) is 0 Å². The molecule has 0 aliphatic carbocycles.